The Kier molecular flexibility index (Phi) is 7.31. The zero-order valence-electron chi connectivity index (χ0n) is 19.0. The number of benzene rings is 1. The molecule has 2 fully saturated rings. The first-order valence-electron chi connectivity index (χ1n) is 11.8. The van der Waals surface area contributed by atoms with Gasteiger partial charge in [0.25, 0.3) is 0 Å². The van der Waals surface area contributed by atoms with Crippen molar-refractivity contribution in [2.24, 2.45) is 11.8 Å². The number of hydrogen-bond acceptors (Lipinski definition) is 5. The summed E-state index contributed by atoms with van der Waals surface area (Å²) in [6.07, 6.45) is 6.47. The minimum absolute atomic E-state index is 0.00752. The van der Waals surface area contributed by atoms with E-state index in [1.54, 1.807) is 0 Å². The van der Waals surface area contributed by atoms with Crippen LogP contribution in [0.3, 0.4) is 0 Å². The lowest BCUT2D eigenvalue weighted by Gasteiger charge is -2.38. The minimum atomic E-state index is -0.405. The van der Waals surface area contributed by atoms with Crippen molar-refractivity contribution in [3.8, 4) is 10.4 Å². The standard InChI is InChI=1S/C26H33NO4S/c1-17-8-10-19(11-9-17)25(29)27(20-12-14-21(28)15-13-20)22-16-23(18-6-4-3-5-7-18)32-24(22)26(30)31-2/h3-7,16-17,19-21,28H,8-15H2,1-2H3. The number of carbonyl (C=O) groups excluding carboxylic acids is 2. The van der Waals surface area contributed by atoms with Gasteiger partial charge in [0.1, 0.15) is 4.88 Å². The summed E-state index contributed by atoms with van der Waals surface area (Å²) < 4.78 is 5.11. The number of ether oxygens (including phenoxy) is 1. The molecule has 172 valence electrons. The van der Waals surface area contributed by atoms with Crippen LogP contribution in [0.15, 0.2) is 36.4 Å². The molecule has 2 aliphatic rings. The first-order valence-corrected chi connectivity index (χ1v) is 12.6. The van der Waals surface area contributed by atoms with Crippen LogP contribution < -0.4 is 4.90 Å². The lowest BCUT2D eigenvalue weighted by Crippen LogP contribution is -2.47. The summed E-state index contributed by atoms with van der Waals surface area (Å²) in [5.74, 6) is 0.372. The number of hydrogen-bond donors (Lipinski definition) is 1. The second-order valence-electron chi connectivity index (χ2n) is 9.31. The quantitative estimate of drug-likeness (QED) is 0.591. The second kappa shape index (κ2) is 10.2. The van der Waals surface area contributed by atoms with E-state index in [0.29, 0.717) is 29.3 Å². The number of rotatable bonds is 5. The molecule has 1 heterocycles. The van der Waals surface area contributed by atoms with Gasteiger partial charge in [0.2, 0.25) is 5.91 Å². The van der Waals surface area contributed by atoms with Crippen LogP contribution in [0.1, 0.15) is 68.0 Å². The van der Waals surface area contributed by atoms with Gasteiger partial charge in [-0.2, -0.15) is 0 Å². The number of carbonyl (C=O) groups is 2. The number of esters is 1. The summed E-state index contributed by atoms with van der Waals surface area (Å²) >= 11 is 1.38. The van der Waals surface area contributed by atoms with Crippen molar-refractivity contribution in [2.45, 2.75) is 70.4 Å². The number of anilines is 1. The molecule has 32 heavy (non-hydrogen) atoms. The van der Waals surface area contributed by atoms with Crippen molar-refractivity contribution in [3.05, 3.63) is 41.3 Å². The van der Waals surface area contributed by atoms with Crippen LogP contribution in [-0.2, 0) is 9.53 Å². The van der Waals surface area contributed by atoms with E-state index in [0.717, 1.165) is 49.0 Å². The normalized spacial score (nSPS) is 25.8. The Morgan fingerprint density at radius 3 is 2.28 bits per heavy atom. The van der Waals surface area contributed by atoms with E-state index in [-0.39, 0.29) is 24.0 Å². The first-order chi connectivity index (χ1) is 15.5. The Hall–Kier alpha value is -2.18. The average Bonchev–Trinajstić information content (AvgIpc) is 3.26. The lowest BCUT2D eigenvalue weighted by atomic mass is 9.81. The topological polar surface area (TPSA) is 66.8 Å². The third-order valence-electron chi connectivity index (χ3n) is 7.04. The van der Waals surface area contributed by atoms with Gasteiger partial charge in [-0.3, -0.25) is 4.79 Å². The highest BCUT2D eigenvalue weighted by atomic mass is 32.1. The van der Waals surface area contributed by atoms with E-state index in [1.807, 2.05) is 41.3 Å². The molecule has 4 rings (SSSR count). The fourth-order valence-corrected chi connectivity index (χ4v) is 6.13. The third-order valence-corrected chi connectivity index (χ3v) is 8.19. The monoisotopic (exact) mass is 455 g/mol. The molecule has 0 aliphatic heterocycles. The molecule has 1 aromatic heterocycles. The van der Waals surface area contributed by atoms with Gasteiger partial charge >= 0.3 is 5.97 Å². The molecule has 0 unspecified atom stereocenters. The molecule has 2 aliphatic carbocycles. The molecular formula is C26H33NO4S. The molecule has 2 saturated carbocycles. The van der Waals surface area contributed by atoms with Gasteiger partial charge in [-0.05, 0) is 68.9 Å². The van der Waals surface area contributed by atoms with E-state index in [1.165, 1.54) is 18.4 Å². The van der Waals surface area contributed by atoms with Crippen molar-refractivity contribution in [2.75, 3.05) is 12.0 Å². The molecule has 0 spiro atoms. The highest BCUT2D eigenvalue weighted by molar-refractivity contribution is 7.18. The van der Waals surface area contributed by atoms with E-state index in [2.05, 4.69) is 6.92 Å². The van der Waals surface area contributed by atoms with Crippen LogP contribution in [0.4, 0.5) is 5.69 Å². The van der Waals surface area contributed by atoms with Gasteiger partial charge in [0.05, 0.1) is 18.9 Å². The zero-order valence-corrected chi connectivity index (χ0v) is 19.8. The molecule has 0 atom stereocenters. The molecule has 0 bridgehead atoms. The highest BCUT2D eigenvalue weighted by Gasteiger charge is 2.37. The maximum Gasteiger partial charge on any atom is 0.350 e. The predicted molar refractivity (Wildman–Crippen MR) is 128 cm³/mol. The maximum absolute atomic E-state index is 13.9. The SMILES string of the molecule is COC(=O)c1sc(-c2ccccc2)cc1N(C(=O)C1CCC(C)CC1)C1CCC(O)CC1. The summed E-state index contributed by atoms with van der Waals surface area (Å²) in [7, 11) is 1.39. The molecule has 2 aromatic rings. The summed E-state index contributed by atoms with van der Waals surface area (Å²) in [6.45, 7) is 2.25. The Morgan fingerprint density at radius 2 is 1.66 bits per heavy atom. The van der Waals surface area contributed by atoms with Crippen LogP contribution in [-0.4, -0.2) is 36.2 Å². The molecule has 0 saturated heterocycles. The summed E-state index contributed by atoms with van der Waals surface area (Å²) in [6, 6.07) is 11.9. The van der Waals surface area contributed by atoms with Gasteiger partial charge in [-0.15, -0.1) is 11.3 Å². The van der Waals surface area contributed by atoms with E-state index < -0.39 is 5.97 Å². The zero-order chi connectivity index (χ0) is 22.7. The van der Waals surface area contributed by atoms with Crippen LogP contribution in [0.5, 0.6) is 0 Å². The molecule has 0 radical (unpaired) electrons. The van der Waals surface area contributed by atoms with E-state index in [9.17, 15) is 14.7 Å². The average molecular weight is 456 g/mol. The minimum Gasteiger partial charge on any atom is -0.465 e. The number of aliphatic hydroxyl groups is 1. The van der Waals surface area contributed by atoms with Crippen molar-refractivity contribution in [3.63, 3.8) is 0 Å². The largest absolute Gasteiger partial charge is 0.465 e. The predicted octanol–water partition coefficient (Wildman–Crippen LogP) is 5.66. The van der Waals surface area contributed by atoms with Crippen LogP contribution in [0.25, 0.3) is 10.4 Å². The van der Waals surface area contributed by atoms with Crippen molar-refractivity contribution in [1.29, 1.82) is 0 Å². The van der Waals surface area contributed by atoms with Crippen LogP contribution in [0, 0.1) is 11.8 Å². The molecule has 6 heteroatoms. The molecule has 1 aromatic carbocycles. The first kappa shape index (κ1) is 23.0. The van der Waals surface area contributed by atoms with Gasteiger partial charge < -0.3 is 14.7 Å². The van der Waals surface area contributed by atoms with Crippen LogP contribution >= 0.6 is 11.3 Å². The fourth-order valence-electron chi connectivity index (χ4n) is 5.06. The summed E-state index contributed by atoms with van der Waals surface area (Å²) in [4.78, 5) is 30.0. The Bertz CT molecular complexity index is 925. The molecular weight excluding hydrogens is 422 g/mol. The number of methoxy groups -OCH3 is 1. The Morgan fingerprint density at radius 1 is 1.00 bits per heavy atom. The number of aliphatic hydroxyl groups excluding tert-OH is 1. The Balaban J connectivity index is 1.74. The highest BCUT2D eigenvalue weighted by Crippen LogP contribution is 2.42. The van der Waals surface area contributed by atoms with Crippen molar-refractivity contribution in [1.82, 2.24) is 0 Å². The maximum atomic E-state index is 13.9. The second-order valence-corrected chi connectivity index (χ2v) is 10.4. The van der Waals surface area contributed by atoms with Crippen molar-refractivity contribution >= 4 is 28.9 Å². The molecule has 1 N–H and O–H groups in total. The smallest absolute Gasteiger partial charge is 0.350 e. The number of amides is 1. The lowest BCUT2D eigenvalue weighted by molar-refractivity contribution is -0.124. The van der Waals surface area contributed by atoms with Crippen molar-refractivity contribution < 1.29 is 19.4 Å². The molecule has 1 amide bonds. The van der Waals surface area contributed by atoms with Crippen LogP contribution in [0.2, 0.25) is 0 Å². The number of thiophene rings is 1. The van der Waals surface area contributed by atoms with Gasteiger partial charge in [-0.25, -0.2) is 4.79 Å². The Labute approximate surface area is 194 Å². The fraction of sp³-hybridized carbons (Fsp3) is 0.538. The van der Waals surface area contributed by atoms with E-state index in [4.69, 9.17) is 4.74 Å². The summed E-state index contributed by atoms with van der Waals surface area (Å²) in [5, 5.41) is 10.1. The third kappa shape index (κ3) is 4.91. The molecule has 5 nitrogen and oxygen atoms in total. The number of nitrogens with zero attached hydrogens (tertiary/aromatic N) is 1. The summed E-state index contributed by atoms with van der Waals surface area (Å²) in [5.41, 5.74) is 1.69. The van der Waals surface area contributed by atoms with Gasteiger partial charge in [0.15, 0.2) is 0 Å². The van der Waals surface area contributed by atoms with E-state index >= 15 is 0 Å². The van der Waals surface area contributed by atoms with Gasteiger partial charge in [-0.1, -0.05) is 37.3 Å². The van der Waals surface area contributed by atoms with Gasteiger partial charge in [0, 0.05) is 16.8 Å².